The monoisotopic (exact) mass is 649 g/mol. The molecule has 13 nitrogen and oxygen atoms in total. The number of carbonyl (C=O) groups is 3. The summed E-state index contributed by atoms with van der Waals surface area (Å²) >= 11 is 0. The highest BCUT2D eigenvalue weighted by Gasteiger charge is 2.51. The summed E-state index contributed by atoms with van der Waals surface area (Å²) in [5.41, 5.74) is 2.37. The third-order valence-corrected chi connectivity index (χ3v) is 8.22. The third kappa shape index (κ3) is 7.75. The van der Waals surface area contributed by atoms with Crippen LogP contribution in [0.5, 0.6) is 11.5 Å². The van der Waals surface area contributed by atoms with E-state index in [-0.39, 0.29) is 56.7 Å². The standard InChI is InChI=1S/C32H36N5O8P/c1-3-17-35-22-30(38)36-28(18-23-9-15-27(16-10-23)45-46(41,42)43)31(39)34(20-25-11-13-26(44-2)14-12-25)21-29(36)37(35)32(40)33-19-24-7-5-4-6-8-24/h3-16,28-29H,1,17-22H2,2H3,(H,33,40)(H2,41,42,43)/t28-,29-/m0/s1. The summed E-state index contributed by atoms with van der Waals surface area (Å²) in [6.07, 6.45) is 0.884. The first kappa shape index (κ1) is 32.7. The topological polar surface area (TPSA) is 152 Å². The van der Waals surface area contributed by atoms with Crippen molar-refractivity contribution in [3.05, 3.63) is 108 Å². The van der Waals surface area contributed by atoms with Crippen molar-refractivity contribution in [2.75, 3.05) is 26.7 Å². The molecule has 0 aliphatic carbocycles. The Morgan fingerprint density at radius 3 is 2.26 bits per heavy atom. The number of nitrogens with one attached hydrogen (secondary N) is 1. The Hall–Kier alpha value is -4.68. The number of methoxy groups -OCH3 is 1. The smallest absolute Gasteiger partial charge is 0.497 e. The van der Waals surface area contributed by atoms with Crippen molar-refractivity contribution in [2.24, 2.45) is 0 Å². The van der Waals surface area contributed by atoms with Gasteiger partial charge in [-0.1, -0.05) is 60.7 Å². The van der Waals surface area contributed by atoms with E-state index < -0.39 is 26.1 Å². The molecule has 2 fully saturated rings. The van der Waals surface area contributed by atoms with Gasteiger partial charge in [0.25, 0.3) is 0 Å². The van der Waals surface area contributed by atoms with Gasteiger partial charge in [-0.2, -0.15) is 0 Å². The number of carbonyl (C=O) groups excluding carboxylic acids is 3. The Morgan fingerprint density at radius 2 is 1.63 bits per heavy atom. The molecule has 4 amide bonds. The van der Waals surface area contributed by atoms with Crippen LogP contribution >= 0.6 is 7.82 Å². The van der Waals surface area contributed by atoms with Gasteiger partial charge >= 0.3 is 13.9 Å². The van der Waals surface area contributed by atoms with Gasteiger partial charge in [-0.3, -0.25) is 19.4 Å². The van der Waals surface area contributed by atoms with Gasteiger partial charge in [-0.15, -0.1) is 6.58 Å². The highest BCUT2D eigenvalue weighted by molar-refractivity contribution is 7.46. The SMILES string of the molecule is C=CCN1CC(=O)N2[C@@H](Cc3ccc(OP(=O)(O)O)cc3)C(=O)N(Cc3ccc(OC)cc3)C[C@@H]2N1C(=O)NCc1ccccc1. The lowest BCUT2D eigenvalue weighted by Gasteiger charge is -2.55. The quantitative estimate of drug-likeness (QED) is 0.210. The van der Waals surface area contributed by atoms with Crippen LogP contribution in [0.25, 0.3) is 0 Å². The maximum absolute atomic E-state index is 14.1. The van der Waals surface area contributed by atoms with E-state index in [0.29, 0.717) is 11.3 Å². The molecule has 242 valence electrons. The molecule has 0 radical (unpaired) electrons. The van der Waals surface area contributed by atoms with Gasteiger partial charge in [0.15, 0.2) is 0 Å². The summed E-state index contributed by atoms with van der Waals surface area (Å²) in [7, 11) is -3.18. The molecular formula is C32H36N5O8P. The number of hydrazine groups is 1. The first-order valence-corrected chi connectivity index (χ1v) is 16.1. The number of nitrogens with zero attached hydrogens (tertiary/aromatic N) is 4. The molecule has 3 N–H and O–H groups in total. The van der Waals surface area contributed by atoms with Gasteiger partial charge in [0.1, 0.15) is 23.7 Å². The van der Waals surface area contributed by atoms with Crippen molar-refractivity contribution in [2.45, 2.75) is 31.7 Å². The summed E-state index contributed by atoms with van der Waals surface area (Å²) in [5.74, 6) is 0.0187. The normalized spacial score (nSPS) is 18.6. The van der Waals surface area contributed by atoms with E-state index in [4.69, 9.17) is 14.5 Å². The van der Waals surface area contributed by atoms with Gasteiger partial charge in [-0.25, -0.2) is 19.4 Å². The summed E-state index contributed by atoms with van der Waals surface area (Å²) in [4.78, 5) is 63.2. The molecule has 5 rings (SSSR count). The second-order valence-electron chi connectivity index (χ2n) is 10.9. The molecule has 3 aromatic rings. The van der Waals surface area contributed by atoms with Crippen molar-refractivity contribution in [1.82, 2.24) is 25.1 Å². The zero-order valence-corrected chi connectivity index (χ0v) is 26.2. The highest BCUT2D eigenvalue weighted by Crippen LogP contribution is 2.37. The van der Waals surface area contributed by atoms with Gasteiger partial charge in [0.2, 0.25) is 11.8 Å². The van der Waals surface area contributed by atoms with Crippen molar-refractivity contribution < 1.29 is 38.0 Å². The van der Waals surface area contributed by atoms with E-state index in [1.54, 1.807) is 47.4 Å². The van der Waals surface area contributed by atoms with E-state index in [9.17, 15) is 18.9 Å². The maximum atomic E-state index is 14.1. The molecule has 0 unspecified atom stereocenters. The van der Waals surface area contributed by atoms with Crippen LogP contribution in [0.4, 0.5) is 4.79 Å². The molecule has 0 spiro atoms. The Labute approximate surface area is 266 Å². The summed E-state index contributed by atoms with van der Waals surface area (Å²) in [6, 6.07) is 21.3. The molecule has 0 aromatic heterocycles. The lowest BCUT2D eigenvalue weighted by molar-refractivity contribution is -0.189. The fraction of sp³-hybridized carbons (Fsp3) is 0.281. The van der Waals surface area contributed by atoms with Crippen LogP contribution in [0, 0.1) is 0 Å². The van der Waals surface area contributed by atoms with Gasteiger partial charge in [0.05, 0.1) is 20.2 Å². The van der Waals surface area contributed by atoms with Crippen LogP contribution in [0.3, 0.4) is 0 Å². The Balaban J connectivity index is 1.47. The average Bonchev–Trinajstić information content (AvgIpc) is 3.03. The number of hydrogen-bond donors (Lipinski definition) is 3. The fourth-order valence-electron chi connectivity index (χ4n) is 5.70. The Morgan fingerprint density at radius 1 is 0.978 bits per heavy atom. The molecular weight excluding hydrogens is 613 g/mol. The van der Waals surface area contributed by atoms with Crippen LogP contribution in [-0.2, 0) is 33.7 Å². The van der Waals surface area contributed by atoms with Crippen LogP contribution in [-0.4, -0.2) is 86.4 Å². The number of rotatable bonds is 11. The average molecular weight is 650 g/mol. The zero-order valence-electron chi connectivity index (χ0n) is 25.3. The number of hydrogen-bond acceptors (Lipinski definition) is 7. The first-order valence-electron chi connectivity index (χ1n) is 14.6. The number of phosphoric acid groups is 1. The molecule has 2 saturated heterocycles. The highest BCUT2D eigenvalue weighted by atomic mass is 31.2. The molecule has 3 aromatic carbocycles. The van der Waals surface area contributed by atoms with E-state index >= 15 is 0 Å². The zero-order chi connectivity index (χ0) is 32.8. The molecule has 2 heterocycles. The molecule has 0 bridgehead atoms. The number of benzene rings is 3. The van der Waals surface area contributed by atoms with Gasteiger partial charge in [-0.05, 0) is 41.0 Å². The molecule has 2 aliphatic heterocycles. The number of amides is 4. The minimum absolute atomic E-state index is 0.0403. The number of phosphoric ester groups is 1. The van der Waals surface area contributed by atoms with E-state index in [1.165, 1.54) is 22.0 Å². The van der Waals surface area contributed by atoms with Gasteiger partial charge < -0.3 is 24.4 Å². The number of urea groups is 1. The lowest BCUT2D eigenvalue weighted by atomic mass is 9.98. The fourth-order valence-corrected chi connectivity index (χ4v) is 6.09. The largest absolute Gasteiger partial charge is 0.524 e. The number of piperazine rings is 1. The van der Waals surface area contributed by atoms with Crippen LogP contribution in [0.1, 0.15) is 16.7 Å². The van der Waals surface area contributed by atoms with Crippen molar-refractivity contribution >= 4 is 25.7 Å². The minimum Gasteiger partial charge on any atom is -0.497 e. The molecule has 46 heavy (non-hydrogen) atoms. The summed E-state index contributed by atoms with van der Waals surface area (Å²) in [6.45, 7) is 4.46. The third-order valence-electron chi connectivity index (χ3n) is 7.77. The van der Waals surface area contributed by atoms with Crippen molar-refractivity contribution in [3.8, 4) is 11.5 Å². The van der Waals surface area contributed by atoms with E-state index in [2.05, 4.69) is 16.4 Å². The maximum Gasteiger partial charge on any atom is 0.524 e. The van der Waals surface area contributed by atoms with Crippen LogP contribution in [0.2, 0.25) is 0 Å². The van der Waals surface area contributed by atoms with E-state index in [0.717, 1.165) is 11.1 Å². The first-order chi connectivity index (χ1) is 22.1. The van der Waals surface area contributed by atoms with Crippen LogP contribution < -0.4 is 14.6 Å². The molecule has 2 aliphatic rings. The molecule has 14 heteroatoms. The summed E-state index contributed by atoms with van der Waals surface area (Å²) < 4.78 is 21.2. The predicted molar refractivity (Wildman–Crippen MR) is 168 cm³/mol. The predicted octanol–water partition coefficient (Wildman–Crippen LogP) is 2.90. The number of ether oxygens (including phenoxy) is 1. The Kier molecular flexibility index (Phi) is 10.1. The second-order valence-corrected chi connectivity index (χ2v) is 12.1. The summed E-state index contributed by atoms with van der Waals surface area (Å²) in [5, 5.41) is 6.09. The lowest BCUT2D eigenvalue weighted by Crippen LogP contribution is -2.76. The number of fused-ring (bicyclic) bond motifs is 1. The minimum atomic E-state index is -4.75. The van der Waals surface area contributed by atoms with Crippen molar-refractivity contribution in [1.29, 1.82) is 0 Å². The molecule has 0 saturated carbocycles. The van der Waals surface area contributed by atoms with E-state index in [1.807, 2.05) is 42.5 Å². The van der Waals surface area contributed by atoms with Crippen LogP contribution in [0.15, 0.2) is 91.5 Å². The van der Waals surface area contributed by atoms with Crippen molar-refractivity contribution in [3.63, 3.8) is 0 Å². The Bertz CT molecular complexity index is 1600. The second kappa shape index (κ2) is 14.2. The molecule has 2 atom stereocenters. The van der Waals surface area contributed by atoms with Gasteiger partial charge in [0, 0.05) is 26.1 Å².